The summed E-state index contributed by atoms with van der Waals surface area (Å²) in [5.74, 6) is 0.882. The Hall–Kier alpha value is -3.08. The zero-order valence-electron chi connectivity index (χ0n) is 26.1. The summed E-state index contributed by atoms with van der Waals surface area (Å²) in [6.45, 7) is 21.8. The van der Waals surface area contributed by atoms with Gasteiger partial charge in [0.2, 0.25) is 5.91 Å². The highest BCUT2D eigenvalue weighted by Crippen LogP contribution is 2.27. The minimum atomic E-state index is 0.0823. The molecular weight excluding hydrogens is 472 g/mol. The van der Waals surface area contributed by atoms with Gasteiger partial charge in [0.1, 0.15) is 12.3 Å². The summed E-state index contributed by atoms with van der Waals surface area (Å²) in [7, 11) is 1.61. The average molecular weight is 527 g/mol. The molecule has 0 radical (unpaired) electrons. The number of methoxy groups -OCH3 is 1. The first-order valence-electron chi connectivity index (χ1n) is 14.4. The summed E-state index contributed by atoms with van der Waals surface area (Å²) in [5, 5.41) is 0.873. The molecule has 0 aliphatic carbocycles. The number of rotatable bonds is 9. The molecule has 3 aromatic rings. The number of carbonyl (C=O) groups excluding carboxylic acids is 2. The standard InChI is InChI=1S/C20H28N2O3.C7H8.3C2H6/c1-5-10-21(11-6-2)20(24)14-22-13-17(19(23)7-3)16-9-8-15(25-4)12-18(16)22;1-7-5-3-2-4-6-7;3*1-2/h8-9,12-13H,5-7,10-11,14H2,1-4H3;2-6H,1H3;3*1-2H3. The summed E-state index contributed by atoms with van der Waals surface area (Å²) in [6, 6.07) is 15.9. The van der Waals surface area contributed by atoms with Gasteiger partial charge in [-0.15, -0.1) is 0 Å². The van der Waals surface area contributed by atoms with E-state index in [-0.39, 0.29) is 18.2 Å². The lowest BCUT2D eigenvalue weighted by Crippen LogP contribution is -2.35. The Kier molecular flexibility index (Phi) is 22.5. The van der Waals surface area contributed by atoms with Crippen molar-refractivity contribution < 1.29 is 14.3 Å². The van der Waals surface area contributed by atoms with Crippen molar-refractivity contribution in [3.8, 4) is 5.75 Å². The zero-order valence-corrected chi connectivity index (χ0v) is 26.1. The van der Waals surface area contributed by atoms with Gasteiger partial charge >= 0.3 is 0 Å². The Morgan fingerprint density at radius 1 is 0.842 bits per heavy atom. The fourth-order valence-corrected chi connectivity index (χ4v) is 3.62. The van der Waals surface area contributed by atoms with Crippen LogP contribution in [0.25, 0.3) is 10.9 Å². The molecule has 38 heavy (non-hydrogen) atoms. The number of nitrogens with zero attached hydrogens (tertiary/aromatic N) is 2. The van der Waals surface area contributed by atoms with E-state index in [2.05, 4.69) is 32.9 Å². The Balaban J connectivity index is 0. The van der Waals surface area contributed by atoms with Crippen molar-refractivity contribution in [2.45, 2.75) is 95.0 Å². The van der Waals surface area contributed by atoms with Gasteiger partial charge in [-0.25, -0.2) is 0 Å². The van der Waals surface area contributed by atoms with Gasteiger partial charge in [0, 0.05) is 42.7 Å². The van der Waals surface area contributed by atoms with Crippen LogP contribution in [0.3, 0.4) is 0 Å². The van der Waals surface area contributed by atoms with Crippen LogP contribution in [0, 0.1) is 6.92 Å². The third kappa shape index (κ3) is 12.4. The third-order valence-electron chi connectivity index (χ3n) is 5.30. The second-order valence-corrected chi connectivity index (χ2v) is 7.87. The first kappa shape index (κ1) is 37.1. The van der Waals surface area contributed by atoms with Gasteiger partial charge in [0.05, 0.1) is 12.6 Å². The van der Waals surface area contributed by atoms with E-state index < -0.39 is 0 Å². The molecule has 0 unspecified atom stereocenters. The molecule has 0 N–H and O–H groups in total. The highest BCUT2D eigenvalue weighted by molar-refractivity contribution is 6.08. The topological polar surface area (TPSA) is 51.5 Å². The van der Waals surface area contributed by atoms with Crippen molar-refractivity contribution in [3.05, 3.63) is 65.9 Å². The normalized spacial score (nSPS) is 9.24. The van der Waals surface area contributed by atoms with Crippen molar-refractivity contribution in [2.24, 2.45) is 0 Å². The van der Waals surface area contributed by atoms with E-state index in [0.29, 0.717) is 17.7 Å². The first-order valence-corrected chi connectivity index (χ1v) is 14.4. The molecule has 5 heteroatoms. The number of ether oxygens (including phenoxy) is 1. The van der Waals surface area contributed by atoms with Crippen molar-refractivity contribution in [2.75, 3.05) is 20.2 Å². The number of Topliss-reactive ketones (excluding diaryl/α,β-unsaturated/α-hetero) is 1. The highest BCUT2D eigenvalue weighted by Gasteiger charge is 2.18. The summed E-state index contributed by atoms with van der Waals surface area (Å²) in [5.41, 5.74) is 2.85. The van der Waals surface area contributed by atoms with E-state index in [1.165, 1.54) is 5.56 Å². The second kappa shape index (κ2) is 23.1. The van der Waals surface area contributed by atoms with Gasteiger partial charge in [0.15, 0.2) is 5.78 Å². The number of aryl methyl sites for hydroxylation is 1. The predicted molar refractivity (Wildman–Crippen MR) is 165 cm³/mol. The summed E-state index contributed by atoms with van der Waals surface area (Å²) < 4.78 is 7.19. The van der Waals surface area contributed by atoms with Crippen LogP contribution in [0.5, 0.6) is 5.75 Å². The first-order chi connectivity index (χ1) is 18.4. The van der Waals surface area contributed by atoms with Gasteiger partial charge < -0.3 is 14.2 Å². The second-order valence-electron chi connectivity index (χ2n) is 7.87. The number of aromatic nitrogens is 1. The monoisotopic (exact) mass is 526 g/mol. The van der Waals surface area contributed by atoms with Gasteiger partial charge in [0.25, 0.3) is 0 Å². The van der Waals surface area contributed by atoms with Gasteiger partial charge in [-0.2, -0.15) is 0 Å². The van der Waals surface area contributed by atoms with Crippen LogP contribution in [0.1, 0.15) is 97.5 Å². The molecule has 0 fully saturated rings. The van der Waals surface area contributed by atoms with Crippen LogP contribution in [0.4, 0.5) is 0 Å². The number of fused-ring (bicyclic) bond motifs is 1. The predicted octanol–water partition coefficient (Wildman–Crippen LogP) is 8.96. The fourth-order valence-electron chi connectivity index (χ4n) is 3.62. The van der Waals surface area contributed by atoms with Gasteiger partial charge in [-0.1, -0.05) is 98.2 Å². The van der Waals surface area contributed by atoms with Gasteiger partial charge in [-0.3, -0.25) is 9.59 Å². The van der Waals surface area contributed by atoms with Crippen molar-refractivity contribution in [3.63, 3.8) is 0 Å². The number of hydrogen-bond donors (Lipinski definition) is 0. The van der Waals surface area contributed by atoms with Crippen LogP contribution >= 0.6 is 0 Å². The molecule has 0 spiro atoms. The minimum absolute atomic E-state index is 0.0823. The third-order valence-corrected chi connectivity index (χ3v) is 5.30. The fraction of sp³-hybridized carbons (Fsp3) is 0.515. The minimum Gasteiger partial charge on any atom is -0.497 e. The van der Waals surface area contributed by atoms with Crippen molar-refractivity contribution in [1.82, 2.24) is 9.47 Å². The molecule has 0 saturated carbocycles. The average Bonchev–Trinajstić information content (AvgIpc) is 3.33. The number of amides is 1. The van der Waals surface area contributed by atoms with E-state index in [0.717, 1.165) is 36.8 Å². The molecule has 2 aromatic carbocycles. The lowest BCUT2D eigenvalue weighted by Gasteiger charge is -2.22. The lowest BCUT2D eigenvalue weighted by atomic mass is 10.1. The maximum Gasteiger partial charge on any atom is 0.242 e. The maximum atomic E-state index is 12.7. The molecule has 0 aliphatic rings. The van der Waals surface area contributed by atoms with E-state index in [1.807, 2.05) is 101 Å². The molecule has 0 atom stereocenters. The number of carbonyl (C=O) groups is 2. The molecule has 0 saturated heterocycles. The van der Waals surface area contributed by atoms with E-state index in [4.69, 9.17) is 4.74 Å². The molecule has 5 nitrogen and oxygen atoms in total. The highest BCUT2D eigenvalue weighted by atomic mass is 16.5. The number of benzene rings is 2. The molecule has 0 bridgehead atoms. The Bertz CT molecular complexity index is 1000. The van der Waals surface area contributed by atoms with Crippen LogP contribution in [-0.4, -0.2) is 41.4 Å². The van der Waals surface area contributed by atoms with Crippen LogP contribution in [-0.2, 0) is 11.3 Å². The van der Waals surface area contributed by atoms with E-state index >= 15 is 0 Å². The molecule has 3 rings (SSSR count). The molecule has 1 amide bonds. The summed E-state index contributed by atoms with van der Waals surface area (Å²) >= 11 is 0. The molecule has 1 aromatic heterocycles. The quantitative estimate of drug-likeness (QED) is 0.261. The van der Waals surface area contributed by atoms with Crippen LogP contribution in [0.2, 0.25) is 0 Å². The lowest BCUT2D eigenvalue weighted by molar-refractivity contribution is -0.131. The van der Waals surface area contributed by atoms with E-state index in [9.17, 15) is 9.59 Å². The van der Waals surface area contributed by atoms with Crippen LogP contribution < -0.4 is 4.74 Å². The van der Waals surface area contributed by atoms with Crippen molar-refractivity contribution in [1.29, 1.82) is 0 Å². The smallest absolute Gasteiger partial charge is 0.242 e. The zero-order chi connectivity index (χ0) is 29.5. The largest absolute Gasteiger partial charge is 0.497 e. The summed E-state index contributed by atoms with van der Waals surface area (Å²) in [4.78, 5) is 26.9. The summed E-state index contributed by atoms with van der Waals surface area (Å²) in [6.07, 6.45) is 4.12. The Morgan fingerprint density at radius 2 is 1.39 bits per heavy atom. The Labute approximate surface area is 233 Å². The van der Waals surface area contributed by atoms with Crippen LogP contribution in [0.15, 0.2) is 54.7 Å². The number of hydrogen-bond acceptors (Lipinski definition) is 3. The van der Waals surface area contributed by atoms with Crippen molar-refractivity contribution >= 4 is 22.6 Å². The van der Waals surface area contributed by atoms with E-state index in [1.54, 1.807) is 7.11 Å². The SMILES string of the molecule is CC.CC.CC.CCCN(CCC)C(=O)Cn1cc(C(=O)CC)c2ccc(OC)cc21.Cc1ccccc1. The molecule has 1 heterocycles. The molecule has 0 aliphatic heterocycles. The number of ketones is 1. The maximum absolute atomic E-state index is 12.7. The molecule has 214 valence electrons. The Morgan fingerprint density at radius 3 is 1.82 bits per heavy atom. The van der Waals surface area contributed by atoms with Gasteiger partial charge in [-0.05, 0) is 31.9 Å². The molecular formula is C33H54N2O3.